The van der Waals surface area contributed by atoms with Crippen molar-refractivity contribution in [1.29, 1.82) is 0 Å². The Morgan fingerprint density at radius 1 is 1.22 bits per heavy atom. The number of benzene rings is 1. The summed E-state index contributed by atoms with van der Waals surface area (Å²) in [6.45, 7) is 1.65. The Morgan fingerprint density at radius 2 is 1.93 bits per heavy atom. The van der Waals surface area contributed by atoms with Gasteiger partial charge in [0.15, 0.2) is 0 Å². The molecule has 0 aromatic heterocycles. The van der Waals surface area contributed by atoms with Gasteiger partial charge in [0.1, 0.15) is 5.54 Å². The van der Waals surface area contributed by atoms with Gasteiger partial charge in [-0.15, -0.1) is 0 Å². The lowest BCUT2D eigenvalue weighted by Gasteiger charge is -2.43. The zero-order chi connectivity index (χ0) is 19.2. The molecule has 1 aromatic rings. The van der Waals surface area contributed by atoms with Crippen LogP contribution >= 0.6 is 0 Å². The molecule has 1 aromatic carbocycles. The van der Waals surface area contributed by atoms with E-state index in [4.69, 9.17) is 5.73 Å². The van der Waals surface area contributed by atoms with Gasteiger partial charge in [0.05, 0.1) is 0 Å². The molecule has 3 fully saturated rings. The summed E-state index contributed by atoms with van der Waals surface area (Å²) in [6, 6.07) is 6.81. The maximum atomic E-state index is 12.8. The van der Waals surface area contributed by atoms with E-state index in [1.54, 1.807) is 31.2 Å². The molecule has 2 saturated carbocycles. The average Bonchev–Trinajstić information content (AvgIpc) is 2.88. The molecule has 4 rings (SSSR count). The third kappa shape index (κ3) is 3.20. The molecule has 3 atom stereocenters. The molecule has 0 radical (unpaired) electrons. The second kappa shape index (κ2) is 6.64. The molecule has 3 unspecified atom stereocenters. The summed E-state index contributed by atoms with van der Waals surface area (Å²) >= 11 is 0. The maximum Gasteiger partial charge on any atom is 0.322 e. The van der Waals surface area contributed by atoms with Crippen LogP contribution in [0.1, 0.15) is 44.6 Å². The van der Waals surface area contributed by atoms with Gasteiger partial charge in [0.25, 0.3) is 5.91 Å². The fourth-order valence-electron chi connectivity index (χ4n) is 4.90. The normalized spacial score (nSPS) is 35.3. The minimum absolute atomic E-state index is 0.0148. The van der Waals surface area contributed by atoms with Crippen LogP contribution in [0, 0.1) is 17.8 Å². The van der Waals surface area contributed by atoms with Crippen molar-refractivity contribution in [3.8, 4) is 0 Å². The molecule has 4 amide bonds. The Kier molecular flexibility index (Phi) is 4.42. The monoisotopic (exact) mass is 370 g/mol. The number of rotatable bonds is 3. The van der Waals surface area contributed by atoms with Crippen LogP contribution in [0.5, 0.6) is 0 Å². The summed E-state index contributed by atoms with van der Waals surface area (Å²) in [5, 5.41) is 7.90. The van der Waals surface area contributed by atoms with Crippen molar-refractivity contribution >= 4 is 23.5 Å². The van der Waals surface area contributed by atoms with Gasteiger partial charge in [0, 0.05) is 17.6 Å². The first-order chi connectivity index (χ1) is 12.9. The number of amides is 4. The molecule has 7 heteroatoms. The SMILES string of the molecule is CC1(c2cccc(NC(=O)C3CC4CCCC(C3)C4N)c2)NC(=O)NC1=O. The third-order valence-corrected chi connectivity index (χ3v) is 6.54. The topological polar surface area (TPSA) is 113 Å². The molecule has 2 aliphatic carbocycles. The third-order valence-electron chi connectivity index (χ3n) is 6.54. The smallest absolute Gasteiger partial charge is 0.322 e. The number of imide groups is 1. The van der Waals surface area contributed by atoms with Crippen molar-refractivity contribution in [2.45, 2.75) is 50.6 Å². The van der Waals surface area contributed by atoms with Crippen LogP contribution in [0.15, 0.2) is 24.3 Å². The van der Waals surface area contributed by atoms with Crippen LogP contribution < -0.4 is 21.7 Å². The molecule has 1 aliphatic heterocycles. The highest BCUT2D eigenvalue weighted by atomic mass is 16.2. The van der Waals surface area contributed by atoms with E-state index in [1.165, 1.54) is 6.42 Å². The van der Waals surface area contributed by atoms with E-state index in [1.807, 2.05) is 0 Å². The van der Waals surface area contributed by atoms with Gasteiger partial charge in [-0.25, -0.2) is 4.79 Å². The standard InChI is InChI=1S/C20H26N4O3/c1-20(18(26)23-19(27)24-20)14-6-3-7-15(10-14)22-17(25)13-8-11-4-2-5-12(9-13)16(11)21/h3,6-7,10-13,16H,2,4-5,8-9,21H2,1H3,(H,22,25)(H2,23,24,26,27). The summed E-state index contributed by atoms with van der Waals surface area (Å²) in [5.41, 5.74) is 6.45. The van der Waals surface area contributed by atoms with Crippen molar-refractivity contribution in [2.75, 3.05) is 5.32 Å². The Labute approximate surface area is 158 Å². The lowest BCUT2D eigenvalue weighted by Crippen LogP contribution is -2.48. The van der Waals surface area contributed by atoms with E-state index in [2.05, 4.69) is 16.0 Å². The molecule has 5 N–H and O–H groups in total. The van der Waals surface area contributed by atoms with Crippen molar-refractivity contribution in [3.05, 3.63) is 29.8 Å². The van der Waals surface area contributed by atoms with E-state index in [9.17, 15) is 14.4 Å². The number of nitrogens with one attached hydrogen (secondary N) is 3. The number of fused-ring (bicyclic) bond motifs is 2. The van der Waals surface area contributed by atoms with E-state index < -0.39 is 17.5 Å². The molecule has 1 heterocycles. The summed E-state index contributed by atoms with van der Waals surface area (Å²) in [4.78, 5) is 36.5. The number of hydrogen-bond donors (Lipinski definition) is 4. The largest absolute Gasteiger partial charge is 0.327 e. The van der Waals surface area contributed by atoms with Crippen molar-refractivity contribution < 1.29 is 14.4 Å². The zero-order valence-corrected chi connectivity index (χ0v) is 15.5. The number of carbonyl (C=O) groups excluding carboxylic acids is 3. The first-order valence-corrected chi connectivity index (χ1v) is 9.67. The first kappa shape index (κ1) is 18.0. The minimum Gasteiger partial charge on any atom is -0.327 e. The highest BCUT2D eigenvalue weighted by molar-refractivity contribution is 6.07. The number of anilines is 1. The summed E-state index contributed by atoms with van der Waals surface area (Å²) in [7, 11) is 0. The highest BCUT2D eigenvalue weighted by Gasteiger charge is 2.44. The molecule has 1 saturated heterocycles. The van der Waals surface area contributed by atoms with Gasteiger partial charge < -0.3 is 16.4 Å². The fourth-order valence-corrected chi connectivity index (χ4v) is 4.90. The van der Waals surface area contributed by atoms with Crippen LogP contribution in [-0.4, -0.2) is 23.9 Å². The van der Waals surface area contributed by atoms with E-state index in [-0.39, 0.29) is 17.9 Å². The maximum absolute atomic E-state index is 12.8. The van der Waals surface area contributed by atoms with Gasteiger partial charge in [-0.05, 0) is 62.1 Å². The second-order valence-electron chi connectivity index (χ2n) is 8.30. The van der Waals surface area contributed by atoms with Gasteiger partial charge >= 0.3 is 6.03 Å². The quantitative estimate of drug-likeness (QED) is 0.608. The molecule has 27 heavy (non-hydrogen) atoms. The number of hydrogen-bond acceptors (Lipinski definition) is 4. The van der Waals surface area contributed by atoms with Gasteiger partial charge in [-0.1, -0.05) is 18.6 Å². The second-order valence-corrected chi connectivity index (χ2v) is 8.30. The number of nitrogens with two attached hydrogens (primary N) is 1. The van der Waals surface area contributed by atoms with Crippen LogP contribution in [-0.2, 0) is 15.1 Å². The Morgan fingerprint density at radius 3 is 2.56 bits per heavy atom. The van der Waals surface area contributed by atoms with Gasteiger partial charge in [-0.3, -0.25) is 14.9 Å². The van der Waals surface area contributed by atoms with Crippen molar-refractivity contribution in [1.82, 2.24) is 10.6 Å². The molecular weight excluding hydrogens is 344 g/mol. The molecule has 7 nitrogen and oxygen atoms in total. The predicted molar refractivity (Wildman–Crippen MR) is 101 cm³/mol. The first-order valence-electron chi connectivity index (χ1n) is 9.67. The number of urea groups is 1. The fraction of sp³-hybridized carbons (Fsp3) is 0.550. The lowest BCUT2D eigenvalue weighted by molar-refractivity contribution is -0.124. The van der Waals surface area contributed by atoms with Gasteiger partial charge in [0.2, 0.25) is 5.91 Å². The summed E-state index contributed by atoms with van der Waals surface area (Å²) in [6.07, 6.45) is 5.14. The van der Waals surface area contributed by atoms with Gasteiger partial charge in [-0.2, -0.15) is 0 Å². The molecule has 2 bridgehead atoms. The average molecular weight is 370 g/mol. The summed E-state index contributed by atoms with van der Waals surface area (Å²) in [5.74, 6) is 0.478. The van der Waals surface area contributed by atoms with Crippen LogP contribution in [0.2, 0.25) is 0 Å². The Balaban J connectivity index is 1.48. The van der Waals surface area contributed by atoms with E-state index in [0.717, 1.165) is 25.7 Å². The van der Waals surface area contributed by atoms with Crippen molar-refractivity contribution in [3.63, 3.8) is 0 Å². The van der Waals surface area contributed by atoms with Crippen LogP contribution in [0.25, 0.3) is 0 Å². The van der Waals surface area contributed by atoms with Crippen LogP contribution in [0.4, 0.5) is 10.5 Å². The lowest BCUT2D eigenvalue weighted by atomic mass is 9.65. The Bertz CT molecular complexity index is 781. The highest BCUT2D eigenvalue weighted by Crippen LogP contribution is 2.42. The Hall–Kier alpha value is -2.41. The van der Waals surface area contributed by atoms with E-state index >= 15 is 0 Å². The molecule has 144 valence electrons. The predicted octanol–water partition coefficient (Wildman–Crippen LogP) is 1.83. The molecule has 3 aliphatic rings. The van der Waals surface area contributed by atoms with Crippen LogP contribution in [0.3, 0.4) is 0 Å². The molecular formula is C20H26N4O3. The molecule has 0 spiro atoms. The van der Waals surface area contributed by atoms with Crippen molar-refractivity contribution in [2.24, 2.45) is 23.5 Å². The van der Waals surface area contributed by atoms with E-state index in [0.29, 0.717) is 23.1 Å². The zero-order valence-electron chi connectivity index (χ0n) is 15.5. The summed E-state index contributed by atoms with van der Waals surface area (Å²) < 4.78 is 0. The number of carbonyl (C=O) groups is 3. The minimum atomic E-state index is -1.13.